The van der Waals surface area contributed by atoms with Crippen LogP contribution in [-0.4, -0.2) is 43.6 Å². The van der Waals surface area contributed by atoms with E-state index in [4.69, 9.17) is 10.5 Å². The molecule has 3 rings (SSSR count). The summed E-state index contributed by atoms with van der Waals surface area (Å²) in [5.41, 5.74) is 6.96. The Morgan fingerprint density at radius 1 is 1.35 bits per heavy atom. The number of hydrogen-bond donors (Lipinski definition) is 2. The number of fused-ring (bicyclic) bond motifs is 1. The Morgan fingerprint density at radius 3 is 2.87 bits per heavy atom. The van der Waals surface area contributed by atoms with Crippen molar-refractivity contribution in [2.45, 2.75) is 25.3 Å². The van der Waals surface area contributed by atoms with E-state index in [1.54, 1.807) is 7.11 Å². The quantitative estimate of drug-likeness (QED) is 0.881. The van der Waals surface area contributed by atoms with Crippen LogP contribution in [0.15, 0.2) is 24.3 Å². The second-order valence-electron chi connectivity index (χ2n) is 6.46. The van der Waals surface area contributed by atoms with Gasteiger partial charge in [-0.1, -0.05) is 18.6 Å². The molecule has 0 radical (unpaired) electrons. The lowest BCUT2D eigenvalue weighted by Gasteiger charge is -2.29. The average molecular weight is 340 g/mol. The van der Waals surface area contributed by atoms with E-state index in [1.165, 1.54) is 12.8 Å². The number of nitrogens with one attached hydrogen (secondary N) is 1. The van der Waals surface area contributed by atoms with Crippen LogP contribution in [0.1, 0.15) is 19.3 Å². The molecule has 1 aliphatic heterocycles. The molecule has 1 saturated carbocycles. The van der Waals surface area contributed by atoms with E-state index in [0.717, 1.165) is 25.2 Å². The summed E-state index contributed by atoms with van der Waals surface area (Å²) in [6, 6.07) is 7.79. The summed E-state index contributed by atoms with van der Waals surface area (Å²) in [4.78, 5) is 14.5. The van der Waals surface area contributed by atoms with Gasteiger partial charge in [0.25, 0.3) is 0 Å². The summed E-state index contributed by atoms with van der Waals surface area (Å²) >= 11 is 0. The van der Waals surface area contributed by atoms with Crippen molar-refractivity contribution in [3.63, 3.8) is 0 Å². The fraction of sp³-hybridized carbons (Fsp3) is 0.588. The molecule has 3 N–H and O–H groups in total. The van der Waals surface area contributed by atoms with Crippen molar-refractivity contribution >= 4 is 24.0 Å². The van der Waals surface area contributed by atoms with Gasteiger partial charge in [-0.25, -0.2) is 0 Å². The van der Waals surface area contributed by atoms with Crippen LogP contribution in [0, 0.1) is 11.8 Å². The Balaban J connectivity index is 0.00000192. The molecule has 0 aromatic heterocycles. The number of amides is 1. The summed E-state index contributed by atoms with van der Waals surface area (Å²) in [5, 5.41) is 2.94. The third kappa shape index (κ3) is 4.16. The lowest BCUT2D eigenvalue weighted by Crippen LogP contribution is -2.38. The predicted octanol–water partition coefficient (Wildman–Crippen LogP) is 2.11. The van der Waals surface area contributed by atoms with Gasteiger partial charge in [0.05, 0.1) is 19.3 Å². The topological polar surface area (TPSA) is 67.6 Å². The number of likely N-dealkylation sites (tertiary alicyclic amines) is 1. The first-order chi connectivity index (χ1) is 10.7. The minimum Gasteiger partial charge on any atom is -0.495 e. The maximum absolute atomic E-state index is 12.3. The summed E-state index contributed by atoms with van der Waals surface area (Å²) in [7, 11) is 1.61. The Labute approximate surface area is 144 Å². The minimum absolute atomic E-state index is 0. The van der Waals surface area contributed by atoms with E-state index in [9.17, 15) is 4.79 Å². The molecule has 1 amide bonds. The molecule has 1 saturated heterocycles. The van der Waals surface area contributed by atoms with Crippen LogP contribution in [0.3, 0.4) is 0 Å². The number of carbonyl (C=O) groups excluding carboxylic acids is 1. The van der Waals surface area contributed by atoms with Crippen molar-refractivity contribution in [2.75, 3.05) is 32.1 Å². The number of rotatable bonds is 4. The monoisotopic (exact) mass is 339 g/mol. The number of nitrogens with two attached hydrogens (primary N) is 1. The van der Waals surface area contributed by atoms with Gasteiger partial charge in [-0.2, -0.15) is 0 Å². The molecule has 5 nitrogen and oxygen atoms in total. The summed E-state index contributed by atoms with van der Waals surface area (Å²) < 4.78 is 5.26. The predicted molar refractivity (Wildman–Crippen MR) is 94.1 cm³/mol. The Morgan fingerprint density at radius 2 is 2.13 bits per heavy atom. The number of anilines is 1. The van der Waals surface area contributed by atoms with Crippen molar-refractivity contribution < 1.29 is 9.53 Å². The zero-order valence-electron chi connectivity index (χ0n) is 13.5. The second kappa shape index (κ2) is 7.99. The van der Waals surface area contributed by atoms with Gasteiger partial charge in [0, 0.05) is 19.1 Å². The van der Waals surface area contributed by atoms with Gasteiger partial charge in [-0.3, -0.25) is 9.69 Å². The Kier molecular flexibility index (Phi) is 6.27. The molecule has 1 aromatic carbocycles. The van der Waals surface area contributed by atoms with Crippen LogP contribution in [0.25, 0.3) is 0 Å². The average Bonchev–Trinajstić information content (AvgIpc) is 2.91. The van der Waals surface area contributed by atoms with Gasteiger partial charge in [-0.05, 0) is 36.8 Å². The molecule has 128 valence electrons. The number of carbonyl (C=O) groups is 1. The first-order valence-electron chi connectivity index (χ1n) is 8.08. The fourth-order valence-electron chi connectivity index (χ4n) is 3.88. The second-order valence-corrected chi connectivity index (χ2v) is 6.46. The van der Waals surface area contributed by atoms with Gasteiger partial charge < -0.3 is 15.8 Å². The zero-order chi connectivity index (χ0) is 15.5. The minimum atomic E-state index is 0. The number of nitrogens with zero attached hydrogens (tertiary/aromatic N) is 1. The fourth-order valence-corrected chi connectivity index (χ4v) is 3.88. The molecule has 2 aliphatic rings. The van der Waals surface area contributed by atoms with Gasteiger partial charge >= 0.3 is 0 Å². The van der Waals surface area contributed by atoms with E-state index >= 15 is 0 Å². The molecule has 23 heavy (non-hydrogen) atoms. The number of benzene rings is 1. The molecule has 1 aliphatic carbocycles. The molecule has 1 heterocycles. The highest BCUT2D eigenvalue weighted by Crippen LogP contribution is 2.35. The number of halogens is 1. The van der Waals surface area contributed by atoms with E-state index in [1.807, 2.05) is 24.3 Å². The first kappa shape index (κ1) is 18.0. The Bertz CT molecular complexity index is 540. The molecule has 2 fully saturated rings. The lowest BCUT2D eigenvalue weighted by molar-refractivity contribution is -0.117. The van der Waals surface area contributed by atoms with E-state index in [-0.39, 0.29) is 18.3 Å². The first-order valence-corrected chi connectivity index (χ1v) is 8.08. The van der Waals surface area contributed by atoms with Crippen molar-refractivity contribution in [1.82, 2.24) is 4.90 Å². The smallest absolute Gasteiger partial charge is 0.238 e. The van der Waals surface area contributed by atoms with Gasteiger partial charge in [0.15, 0.2) is 0 Å². The zero-order valence-corrected chi connectivity index (χ0v) is 14.3. The number of hydrogen-bond acceptors (Lipinski definition) is 4. The van der Waals surface area contributed by atoms with E-state index in [0.29, 0.717) is 30.2 Å². The standard InChI is InChI=1S/C17H25N3O2.ClH/c1-22-16-8-3-2-7-15(16)19-17(21)11-20-9-12-5-4-6-14(18)13(12)10-20;/h2-3,7-8,12-14H,4-6,9-11,18H2,1H3,(H,19,21);1H. The number of ether oxygens (including phenoxy) is 1. The number of para-hydroxylation sites is 2. The third-order valence-corrected chi connectivity index (χ3v) is 4.98. The van der Waals surface area contributed by atoms with E-state index < -0.39 is 0 Å². The largest absolute Gasteiger partial charge is 0.495 e. The number of methoxy groups -OCH3 is 1. The molecular weight excluding hydrogens is 314 g/mol. The lowest BCUT2D eigenvalue weighted by atomic mass is 9.78. The van der Waals surface area contributed by atoms with Crippen LogP contribution in [0.5, 0.6) is 5.75 Å². The van der Waals surface area contributed by atoms with Crippen LogP contribution >= 0.6 is 12.4 Å². The maximum atomic E-state index is 12.3. The summed E-state index contributed by atoms with van der Waals surface area (Å²) in [5.74, 6) is 1.93. The summed E-state index contributed by atoms with van der Waals surface area (Å²) in [6.45, 7) is 2.38. The highest BCUT2D eigenvalue weighted by atomic mass is 35.5. The van der Waals surface area contributed by atoms with Crippen molar-refractivity contribution in [3.05, 3.63) is 24.3 Å². The molecule has 6 heteroatoms. The van der Waals surface area contributed by atoms with Crippen LogP contribution in [0.4, 0.5) is 5.69 Å². The Hall–Kier alpha value is -1.30. The van der Waals surface area contributed by atoms with Crippen molar-refractivity contribution in [2.24, 2.45) is 17.6 Å². The van der Waals surface area contributed by atoms with E-state index in [2.05, 4.69) is 10.2 Å². The SMILES string of the molecule is COc1ccccc1NC(=O)CN1CC2CCCC(N)C2C1.Cl. The van der Waals surface area contributed by atoms with Crippen LogP contribution < -0.4 is 15.8 Å². The summed E-state index contributed by atoms with van der Waals surface area (Å²) in [6.07, 6.45) is 3.61. The molecule has 3 unspecified atom stereocenters. The molecule has 0 bridgehead atoms. The van der Waals surface area contributed by atoms with Crippen molar-refractivity contribution in [1.29, 1.82) is 0 Å². The highest BCUT2D eigenvalue weighted by Gasteiger charge is 2.38. The van der Waals surface area contributed by atoms with Crippen molar-refractivity contribution in [3.8, 4) is 5.75 Å². The molecule has 0 spiro atoms. The van der Waals surface area contributed by atoms with Gasteiger partial charge in [-0.15, -0.1) is 12.4 Å². The highest BCUT2D eigenvalue weighted by molar-refractivity contribution is 5.93. The van der Waals surface area contributed by atoms with Crippen LogP contribution in [0.2, 0.25) is 0 Å². The van der Waals surface area contributed by atoms with Gasteiger partial charge in [0.2, 0.25) is 5.91 Å². The maximum Gasteiger partial charge on any atom is 0.238 e. The van der Waals surface area contributed by atoms with Gasteiger partial charge in [0.1, 0.15) is 5.75 Å². The molecular formula is C17H26ClN3O2. The molecule has 3 atom stereocenters. The third-order valence-electron chi connectivity index (χ3n) is 4.98. The molecule has 1 aromatic rings. The van der Waals surface area contributed by atoms with Crippen LogP contribution in [-0.2, 0) is 4.79 Å². The normalized spacial score (nSPS) is 27.0.